The number of aromatic hydroxyl groups is 1. The predicted octanol–water partition coefficient (Wildman–Crippen LogP) is 2.03. The summed E-state index contributed by atoms with van der Waals surface area (Å²) in [7, 11) is 2.07. The number of rotatable bonds is 3. The predicted molar refractivity (Wildman–Crippen MR) is 68.7 cm³/mol. The summed E-state index contributed by atoms with van der Waals surface area (Å²) in [6, 6.07) is 15.4. The maximum absolute atomic E-state index is 9.74. The molecule has 82 valence electrons. The van der Waals surface area contributed by atoms with Gasteiger partial charge in [0.15, 0.2) is 0 Å². The van der Waals surface area contributed by atoms with Crippen molar-refractivity contribution in [2.75, 3.05) is 7.11 Å². The fourth-order valence-electron chi connectivity index (χ4n) is 1.42. The molecule has 0 heterocycles. The van der Waals surface area contributed by atoms with Crippen molar-refractivity contribution >= 4 is 19.2 Å². The van der Waals surface area contributed by atoms with Crippen LogP contribution in [0.4, 0.5) is 0 Å². The van der Waals surface area contributed by atoms with E-state index in [9.17, 15) is 5.11 Å². The van der Waals surface area contributed by atoms with Crippen LogP contribution in [0.3, 0.4) is 0 Å². The Hall–Kier alpha value is -1.53. The molecular formula is C13H13O2P. The van der Waals surface area contributed by atoms with Gasteiger partial charge in [-0.25, -0.2) is 0 Å². The molecule has 0 aliphatic carbocycles. The Balaban J connectivity index is 2.27. The van der Waals surface area contributed by atoms with Crippen LogP contribution in [0.2, 0.25) is 0 Å². The summed E-state index contributed by atoms with van der Waals surface area (Å²) in [5, 5.41) is 11.9. The van der Waals surface area contributed by atoms with Crippen LogP contribution < -0.4 is 15.3 Å². The lowest BCUT2D eigenvalue weighted by molar-refractivity contribution is 0.413. The lowest BCUT2D eigenvalue weighted by Crippen LogP contribution is -2.03. The van der Waals surface area contributed by atoms with Crippen molar-refractivity contribution in [3.63, 3.8) is 0 Å². The van der Waals surface area contributed by atoms with Gasteiger partial charge in [0.1, 0.15) is 11.5 Å². The summed E-state index contributed by atoms with van der Waals surface area (Å²) in [4.78, 5) is 0. The van der Waals surface area contributed by atoms with E-state index in [1.54, 1.807) is 19.2 Å². The summed E-state index contributed by atoms with van der Waals surface area (Å²) in [5.41, 5.74) is 0. The molecule has 2 nitrogen and oxygen atoms in total. The molecule has 2 aromatic carbocycles. The van der Waals surface area contributed by atoms with Crippen molar-refractivity contribution in [1.29, 1.82) is 0 Å². The van der Waals surface area contributed by atoms with Gasteiger partial charge < -0.3 is 9.84 Å². The molecule has 0 spiro atoms. The van der Waals surface area contributed by atoms with Crippen LogP contribution in [0.1, 0.15) is 0 Å². The molecule has 0 saturated carbocycles. The first-order chi connectivity index (χ1) is 7.79. The van der Waals surface area contributed by atoms with E-state index >= 15 is 0 Å². The fourth-order valence-corrected chi connectivity index (χ4v) is 2.52. The number of benzene rings is 2. The molecule has 0 saturated heterocycles. The van der Waals surface area contributed by atoms with Crippen LogP contribution in [-0.2, 0) is 0 Å². The zero-order valence-electron chi connectivity index (χ0n) is 8.97. The molecule has 0 amide bonds. The first-order valence-electron chi connectivity index (χ1n) is 4.98. The molecule has 2 aromatic rings. The quantitative estimate of drug-likeness (QED) is 0.820. The zero-order chi connectivity index (χ0) is 11.4. The molecule has 1 N–H and O–H groups in total. The van der Waals surface area contributed by atoms with E-state index < -0.39 is 0 Å². The molecule has 0 radical (unpaired) electrons. The normalized spacial score (nSPS) is 10.8. The van der Waals surface area contributed by atoms with Gasteiger partial charge in [0, 0.05) is 5.30 Å². The van der Waals surface area contributed by atoms with Gasteiger partial charge in [-0.2, -0.15) is 0 Å². The second-order valence-corrected chi connectivity index (χ2v) is 4.74. The topological polar surface area (TPSA) is 29.5 Å². The van der Waals surface area contributed by atoms with Gasteiger partial charge >= 0.3 is 0 Å². The Labute approximate surface area is 96.7 Å². The smallest absolute Gasteiger partial charge is 0.123 e. The third-order valence-corrected chi connectivity index (χ3v) is 3.55. The largest absolute Gasteiger partial charge is 0.507 e. The molecule has 16 heavy (non-hydrogen) atoms. The van der Waals surface area contributed by atoms with Crippen LogP contribution in [0.15, 0.2) is 48.5 Å². The number of hydrogen-bond donors (Lipinski definition) is 1. The van der Waals surface area contributed by atoms with E-state index in [-0.39, 0.29) is 0 Å². The number of hydrogen-bond acceptors (Lipinski definition) is 2. The minimum Gasteiger partial charge on any atom is -0.507 e. The Morgan fingerprint density at radius 2 is 1.81 bits per heavy atom. The monoisotopic (exact) mass is 232 g/mol. The molecule has 1 unspecified atom stereocenters. The van der Waals surface area contributed by atoms with E-state index in [1.165, 1.54) is 5.30 Å². The van der Waals surface area contributed by atoms with Crippen LogP contribution in [-0.4, -0.2) is 12.2 Å². The van der Waals surface area contributed by atoms with Crippen molar-refractivity contribution in [2.45, 2.75) is 0 Å². The van der Waals surface area contributed by atoms with Gasteiger partial charge in [-0.15, -0.1) is 0 Å². The van der Waals surface area contributed by atoms with Crippen molar-refractivity contribution in [1.82, 2.24) is 0 Å². The zero-order valence-corrected chi connectivity index (χ0v) is 9.97. The average molecular weight is 232 g/mol. The highest BCUT2D eigenvalue weighted by molar-refractivity contribution is 7.55. The van der Waals surface area contributed by atoms with Crippen molar-refractivity contribution < 1.29 is 9.84 Å². The highest BCUT2D eigenvalue weighted by atomic mass is 31.1. The number of ether oxygens (including phenoxy) is 1. The Morgan fingerprint density at radius 1 is 1.06 bits per heavy atom. The Morgan fingerprint density at radius 3 is 2.50 bits per heavy atom. The first kappa shape index (κ1) is 11.0. The van der Waals surface area contributed by atoms with E-state index in [1.807, 2.05) is 24.3 Å². The van der Waals surface area contributed by atoms with Crippen LogP contribution in [0, 0.1) is 0 Å². The number of methoxy groups -OCH3 is 1. The number of phenols is 1. The molecule has 0 aliphatic rings. The van der Waals surface area contributed by atoms with Gasteiger partial charge in [0.05, 0.1) is 7.11 Å². The second kappa shape index (κ2) is 5.00. The van der Waals surface area contributed by atoms with Crippen LogP contribution in [0.25, 0.3) is 0 Å². The van der Waals surface area contributed by atoms with Gasteiger partial charge in [-0.1, -0.05) is 38.9 Å². The summed E-state index contributed by atoms with van der Waals surface area (Å²) in [5.74, 6) is 1.10. The Kier molecular flexibility index (Phi) is 3.43. The van der Waals surface area contributed by atoms with E-state index in [0.717, 1.165) is 11.1 Å². The van der Waals surface area contributed by atoms with Gasteiger partial charge in [-0.3, -0.25) is 0 Å². The maximum Gasteiger partial charge on any atom is 0.123 e. The minimum atomic E-state index is 0.322. The molecule has 2 rings (SSSR count). The lowest BCUT2D eigenvalue weighted by atomic mass is 10.3. The minimum absolute atomic E-state index is 0.322. The molecular weight excluding hydrogens is 219 g/mol. The van der Waals surface area contributed by atoms with E-state index in [2.05, 4.69) is 12.1 Å². The molecule has 0 fully saturated rings. The number of phenolic OH excluding ortho intramolecular Hbond substituents is 1. The van der Waals surface area contributed by atoms with Crippen molar-refractivity contribution in [3.05, 3.63) is 48.5 Å². The van der Waals surface area contributed by atoms with Crippen molar-refractivity contribution in [2.24, 2.45) is 0 Å². The van der Waals surface area contributed by atoms with E-state index in [0.29, 0.717) is 14.3 Å². The summed E-state index contributed by atoms with van der Waals surface area (Å²) < 4.78 is 5.14. The van der Waals surface area contributed by atoms with Gasteiger partial charge in [0.25, 0.3) is 0 Å². The molecule has 3 heteroatoms. The second-order valence-electron chi connectivity index (χ2n) is 3.37. The first-order valence-corrected chi connectivity index (χ1v) is 5.98. The van der Waals surface area contributed by atoms with Gasteiger partial charge in [-0.05, 0) is 23.5 Å². The average Bonchev–Trinajstić information content (AvgIpc) is 2.33. The molecule has 0 aromatic heterocycles. The maximum atomic E-state index is 9.74. The Bertz CT molecular complexity index is 469. The van der Waals surface area contributed by atoms with Gasteiger partial charge in [0.2, 0.25) is 0 Å². The third kappa shape index (κ3) is 2.53. The fraction of sp³-hybridized carbons (Fsp3) is 0.0769. The molecule has 0 aliphatic heterocycles. The molecule has 0 bridgehead atoms. The third-order valence-electron chi connectivity index (χ3n) is 2.26. The lowest BCUT2D eigenvalue weighted by Gasteiger charge is -2.07. The summed E-state index contributed by atoms with van der Waals surface area (Å²) >= 11 is 0. The SMILES string of the molecule is COc1ccc(O)c(Pc2ccccc2)c1. The standard InChI is InChI=1S/C13H13O2P/c1-15-10-7-8-12(14)13(9-10)16-11-5-3-2-4-6-11/h2-9,14,16H,1H3. The highest BCUT2D eigenvalue weighted by Gasteiger charge is 2.04. The van der Waals surface area contributed by atoms with Crippen LogP contribution >= 0.6 is 8.58 Å². The summed E-state index contributed by atoms with van der Waals surface area (Å²) in [6.45, 7) is 0. The van der Waals surface area contributed by atoms with Crippen LogP contribution in [0.5, 0.6) is 11.5 Å². The van der Waals surface area contributed by atoms with Crippen molar-refractivity contribution in [3.8, 4) is 11.5 Å². The van der Waals surface area contributed by atoms with E-state index in [4.69, 9.17) is 4.74 Å². The molecule has 1 atom stereocenters. The summed E-state index contributed by atoms with van der Waals surface area (Å²) in [6.07, 6.45) is 0. The highest BCUT2D eigenvalue weighted by Crippen LogP contribution is 2.22.